The number of rotatable bonds is 2. The Hall–Kier alpha value is -1.55. The second-order valence-corrected chi connectivity index (χ2v) is 6.33. The fourth-order valence-corrected chi connectivity index (χ4v) is 4.10. The lowest BCUT2D eigenvalue weighted by Crippen LogP contribution is -2.42. The minimum atomic E-state index is 0.793. The summed E-state index contributed by atoms with van der Waals surface area (Å²) in [6.45, 7) is 2.18. The lowest BCUT2D eigenvalue weighted by molar-refractivity contribution is 0.103. The number of aromatic amines is 1. The number of hydrogen-bond donors (Lipinski definition) is 2. The van der Waals surface area contributed by atoms with Crippen LogP contribution in [0.3, 0.4) is 0 Å². The zero-order valence-electron chi connectivity index (χ0n) is 11.8. The van der Waals surface area contributed by atoms with Crippen LogP contribution >= 0.6 is 0 Å². The molecule has 2 atom stereocenters. The van der Waals surface area contributed by atoms with E-state index in [1.165, 1.54) is 38.6 Å². The SMILES string of the molecule is Nc1ccc2nc(CN3CCCC4CCCC43)[nH]c2c1. The highest BCUT2D eigenvalue weighted by molar-refractivity contribution is 5.78. The molecule has 1 saturated heterocycles. The van der Waals surface area contributed by atoms with Crippen molar-refractivity contribution < 1.29 is 0 Å². The molecule has 2 heterocycles. The Bertz CT molecular complexity index is 618. The summed E-state index contributed by atoms with van der Waals surface area (Å²) < 4.78 is 0. The number of piperidine rings is 1. The average Bonchev–Trinajstić information content (AvgIpc) is 3.04. The van der Waals surface area contributed by atoms with Gasteiger partial charge >= 0.3 is 0 Å². The summed E-state index contributed by atoms with van der Waals surface area (Å²) in [7, 11) is 0. The molecule has 4 heteroatoms. The first kappa shape index (κ1) is 12.2. The molecule has 2 fully saturated rings. The summed E-state index contributed by atoms with van der Waals surface area (Å²) in [4.78, 5) is 10.8. The molecule has 0 bridgehead atoms. The number of nitrogen functional groups attached to an aromatic ring is 1. The molecule has 20 heavy (non-hydrogen) atoms. The van der Waals surface area contributed by atoms with E-state index in [1.54, 1.807) is 0 Å². The maximum absolute atomic E-state index is 5.83. The van der Waals surface area contributed by atoms with E-state index < -0.39 is 0 Å². The van der Waals surface area contributed by atoms with Gasteiger partial charge in [0, 0.05) is 11.7 Å². The molecule has 1 aliphatic heterocycles. The third-order valence-electron chi connectivity index (χ3n) is 5.02. The first-order valence-electron chi connectivity index (χ1n) is 7.78. The molecular weight excluding hydrogens is 248 g/mol. The van der Waals surface area contributed by atoms with Crippen LogP contribution in [0.5, 0.6) is 0 Å². The van der Waals surface area contributed by atoms with E-state index in [4.69, 9.17) is 10.7 Å². The first-order valence-corrected chi connectivity index (χ1v) is 7.78. The molecular formula is C16H22N4. The van der Waals surface area contributed by atoms with Crippen molar-refractivity contribution in [3.05, 3.63) is 24.0 Å². The van der Waals surface area contributed by atoms with Gasteiger partial charge in [0.15, 0.2) is 0 Å². The van der Waals surface area contributed by atoms with Gasteiger partial charge in [-0.25, -0.2) is 4.98 Å². The van der Waals surface area contributed by atoms with Crippen LogP contribution in [0.25, 0.3) is 11.0 Å². The minimum absolute atomic E-state index is 0.793. The van der Waals surface area contributed by atoms with Crippen LogP contribution in [0, 0.1) is 5.92 Å². The fourth-order valence-electron chi connectivity index (χ4n) is 4.10. The summed E-state index contributed by atoms with van der Waals surface area (Å²) in [6.07, 6.45) is 6.98. The van der Waals surface area contributed by atoms with Crippen LogP contribution in [0.4, 0.5) is 5.69 Å². The highest BCUT2D eigenvalue weighted by Crippen LogP contribution is 2.37. The standard InChI is InChI=1S/C16H22N4/c17-12-6-7-13-14(9-12)19-16(18-13)10-20-8-2-4-11-3-1-5-15(11)20/h6-7,9,11,15H,1-5,8,10,17H2,(H,18,19). The topological polar surface area (TPSA) is 57.9 Å². The van der Waals surface area contributed by atoms with Gasteiger partial charge < -0.3 is 10.7 Å². The van der Waals surface area contributed by atoms with E-state index in [-0.39, 0.29) is 0 Å². The fraction of sp³-hybridized carbons (Fsp3) is 0.562. The largest absolute Gasteiger partial charge is 0.399 e. The van der Waals surface area contributed by atoms with Crippen molar-refractivity contribution in [2.45, 2.75) is 44.7 Å². The number of nitrogens with one attached hydrogen (secondary N) is 1. The molecule has 4 rings (SSSR count). The summed E-state index contributed by atoms with van der Waals surface area (Å²) in [5, 5.41) is 0. The number of hydrogen-bond acceptors (Lipinski definition) is 3. The van der Waals surface area contributed by atoms with Gasteiger partial charge in [-0.15, -0.1) is 0 Å². The van der Waals surface area contributed by atoms with Gasteiger partial charge in [-0.3, -0.25) is 4.90 Å². The summed E-state index contributed by atoms with van der Waals surface area (Å²) in [5.41, 5.74) is 8.70. The minimum Gasteiger partial charge on any atom is -0.399 e. The zero-order valence-corrected chi connectivity index (χ0v) is 11.8. The Morgan fingerprint density at radius 3 is 3.10 bits per heavy atom. The molecule has 0 radical (unpaired) electrons. The molecule has 0 spiro atoms. The molecule has 106 valence electrons. The number of imidazole rings is 1. The van der Waals surface area contributed by atoms with E-state index in [9.17, 15) is 0 Å². The van der Waals surface area contributed by atoms with Gasteiger partial charge in [0.2, 0.25) is 0 Å². The van der Waals surface area contributed by atoms with E-state index in [0.717, 1.165) is 41.0 Å². The Balaban J connectivity index is 1.57. The van der Waals surface area contributed by atoms with Crippen molar-refractivity contribution in [3.63, 3.8) is 0 Å². The summed E-state index contributed by atoms with van der Waals surface area (Å²) in [6, 6.07) is 6.68. The molecule has 3 N–H and O–H groups in total. The van der Waals surface area contributed by atoms with E-state index in [0.29, 0.717) is 0 Å². The Labute approximate surface area is 119 Å². The molecule has 1 saturated carbocycles. The number of nitrogens with zero attached hydrogens (tertiary/aromatic N) is 2. The van der Waals surface area contributed by atoms with Crippen molar-refractivity contribution in [2.75, 3.05) is 12.3 Å². The predicted molar refractivity (Wildman–Crippen MR) is 81.3 cm³/mol. The normalized spacial score (nSPS) is 27.0. The second-order valence-electron chi connectivity index (χ2n) is 6.33. The van der Waals surface area contributed by atoms with Gasteiger partial charge in [0.25, 0.3) is 0 Å². The number of nitrogens with two attached hydrogens (primary N) is 1. The Morgan fingerprint density at radius 2 is 2.15 bits per heavy atom. The number of likely N-dealkylation sites (tertiary alicyclic amines) is 1. The van der Waals surface area contributed by atoms with E-state index in [1.807, 2.05) is 18.2 Å². The number of H-pyrrole nitrogens is 1. The van der Waals surface area contributed by atoms with Gasteiger partial charge in [-0.1, -0.05) is 6.42 Å². The van der Waals surface area contributed by atoms with Crippen molar-refractivity contribution in [1.82, 2.24) is 14.9 Å². The highest BCUT2D eigenvalue weighted by Gasteiger charge is 2.35. The smallest absolute Gasteiger partial charge is 0.121 e. The van der Waals surface area contributed by atoms with E-state index >= 15 is 0 Å². The molecule has 0 amide bonds. The third-order valence-corrected chi connectivity index (χ3v) is 5.02. The van der Waals surface area contributed by atoms with Gasteiger partial charge in [0.1, 0.15) is 5.82 Å². The highest BCUT2D eigenvalue weighted by atomic mass is 15.2. The van der Waals surface area contributed by atoms with Crippen molar-refractivity contribution in [1.29, 1.82) is 0 Å². The zero-order chi connectivity index (χ0) is 13.5. The quantitative estimate of drug-likeness (QED) is 0.825. The van der Waals surface area contributed by atoms with Crippen LogP contribution in [-0.2, 0) is 6.54 Å². The van der Waals surface area contributed by atoms with Crippen LogP contribution in [0.2, 0.25) is 0 Å². The number of aromatic nitrogens is 2. The van der Waals surface area contributed by atoms with Crippen molar-refractivity contribution in [2.24, 2.45) is 5.92 Å². The summed E-state index contributed by atoms with van der Waals surface area (Å²) >= 11 is 0. The average molecular weight is 270 g/mol. The van der Waals surface area contributed by atoms with Gasteiger partial charge in [0.05, 0.1) is 17.6 Å². The predicted octanol–water partition coefficient (Wildman–Crippen LogP) is 2.91. The number of anilines is 1. The van der Waals surface area contributed by atoms with Crippen LogP contribution in [-0.4, -0.2) is 27.5 Å². The first-order chi connectivity index (χ1) is 9.79. The number of fused-ring (bicyclic) bond motifs is 2. The van der Waals surface area contributed by atoms with Crippen molar-refractivity contribution in [3.8, 4) is 0 Å². The van der Waals surface area contributed by atoms with Gasteiger partial charge in [-0.05, 0) is 56.3 Å². The van der Waals surface area contributed by atoms with Crippen LogP contribution in [0.1, 0.15) is 37.9 Å². The van der Waals surface area contributed by atoms with Crippen LogP contribution in [0.15, 0.2) is 18.2 Å². The molecule has 2 unspecified atom stereocenters. The Morgan fingerprint density at radius 1 is 1.25 bits per heavy atom. The maximum atomic E-state index is 5.83. The molecule has 1 aromatic carbocycles. The maximum Gasteiger partial charge on any atom is 0.121 e. The molecule has 1 aromatic heterocycles. The monoisotopic (exact) mass is 270 g/mol. The van der Waals surface area contributed by atoms with Crippen LogP contribution < -0.4 is 5.73 Å². The Kier molecular flexibility index (Phi) is 2.91. The summed E-state index contributed by atoms with van der Waals surface area (Å²) in [5.74, 6) is 2.02. The lowest BCUT2D eigenvalue weighted by atomic mass is 9.92. The second kappa shape index (κ2) is 4.77. The lowest BCUT2D eigenvalue weighted by Gasteiger charge is -2.37. The number of benzene rings is 1. The van der Waals surface area contributed by atoms with E-state index in [2.05, 4.69) is 9.88 Å². The van der Waals surface area contributed by atoms with Gasteiger partial charge in [-0.2, -0.15) is 0 Å². The third kappa shape index (κ3) is 2.08. The van der Waals surface area contributed by atoms with Crippen molar-refractivity contribution >= 4 is 16.7 Å². The molecule has 2 aliphatic rings. The molecule has 2 aromatic rings. The molecule has 4 nitrogen and oxygen atoms in total. The molecule has 1 aliphatic carbocycles.